The van der Waals surface area contributed by atoms with Crippen LogP contribution in [0.4, 0.5) is 0 Å². The van der Waals surface area contributed by atoms with E-state index in [9.17, 15) is 15.2 Å². The quantitative estimate of drug-likeness (QED) is 0.654. The number of thiophene rings is 1. The molecule has 1 unspecified atom stereocenters. The lowest BCUT2D eigenvalue weighted by Gasteiger charge is -2.15. The van der Waals surface area contributed by atoms with Crippen molar-refractivity contribution in [2.24, 2.45) is 0 Å². The highest BCUT2D eigenvalue weighted by atomic mass is 32.1. The second kappa shape index (κ2) is 7.43. The molecule has 1 atom stereocenters. The van der Waals surface area contributed by atoms with Crippen LogP contribution in [0.3, 0.4) is 0 Å². The van der Waals surface area contributed by atoms with E-state index < -0.39 is 5.91 Å². The van der Waals surface area contributed by atoms with Gasteiger partial charge in [0.15, 0.2) is 0 Å². The van der Waals surface area contributed by atoms with E-state index in [0.29, 0.717) is 5.56 Å². The van der Waals surface area contributed by atoms with Gasteiger partial charge in [0.1, 0.15) is 17.4 Å². The third-order valence-electron chi connectivity index (χ3n) is 3.15. The van der Waals surface area contributed by atoms with Crippen LogP contribution in [-0.2, 0) is 4.79 Å². The summed E-state index contributed by atoms with van der Waals surface area (Å²) in [5.74, 6) is -0.317. The first-order valence-corrected chi connectivity index (χ1v) is 7.77. The molecular formula is C17H16N2O2S. The number of nitriles is 1. The Morgan fingerprint density at radius 3 is 2.86 bits per heavy atom. The predicted molar refractivity (Wildman–Crippen MR) is 87.2 cm³/mol. The van der Waals surface area contributed by atoms with Gasteiger partial charge in [-0.25, -0.2) is 0 Å². The van der Waals surface area contributed by atoms with E-state index in [0.717, 1.165) is 11.3 Å². The Morgan fingerprint density at radius 1 is 1.45 bits per heavy atom. The van der Waals surface area contributed by atoms with Crippen molar-refractivity contribution in [2.45, 2.75) is 19.4 Å². The number of aromatic hydroxyl groups is 1. The number of carbonyl (C=O) groups excluding carboxylic acids is 1. The Kier molecular flexibility index (Phi) is 5.34. The van der Waals surface area contributed by atoms with Gasteiger partial charge < -0.3 is 10.4 Å². The molecule has 2 N–H and O–H groups in total. The number of hydrogen-bond donors (Lipinski definition) is 2. The third-order valence-corrected chi connectivity index (χ3v) is 4.13. The maximum atomic E-state index is 12.3. The van der Waals surface area contributed by atoms with Crippen LogP contribution in [0.25, 0.3) is 6.08 Å². The van der Waals surface area contributed by atoms with Crippen molar-refractivity contribution in [3.8, 4) is 11.8 Å². The van der Waals surface area contributed by atoms with Crippen molar-refractivity contribution in [3.05, 3.63) is 57.8 Å². The van der Waals surface area contributed by atoms with Gasteiger partial charge in [0.25, 0.3) is 5.91 Å². The predicted octanol–water partition coefficient (Wildman–Crippen LogP) is 3.63. The first kappa shape index (κ1) is 15.8. The highest BCUT2D eigenvalue weighted by molar-refractivity contribution is 7.10. The van der Waals surface area contributed by atoms with Gasteiger partial charge in [-0.3, -0.25) is 4.79 Å². The molecule has 0 saturated carbocycles. The number of amides is 1. The molecule has 0 aliphatic heterocycles. The zero-order valence-corrected chi connectivity index (χ0v) is 12.9. The van der Waals surface area contributed by atoms with E-state index in [1.165, 1.54) is 18.2 Å². The fraction of sp³-hybridized carbons (Fsp3) is 0.176. The van der Waals surface area contributed by atoms with Gasteiger partial charge in [-0.1, -0.05) is 25.1 Å². The van der Waals surface area contributed by atoms with E-state index >= 15 is 0 Å². The SMILES string of the molecule is CCC(NC(=O)/C(C#N)=C/c1cccc(O)c1)c1cccs1. The lowest BCUT2D eigenvalue weighted by Crippen LogP contribution is -2.28. The number of nitrogens with zero attached hydrogens (tertiary/aromatic N) is 1. The molecule has 0 fully saturated rings. The maximum absolute atomic E-state index is 12.3. The van der Waals surface area contributed by atoms with Gasteiger partial charge in [0, 0.05) is 4.88 Å². The zero-order valence-electron chi connectivity index (χ0n) is 12.1. The molecule has 0 spiro atoms. The first-order chi connectivity index (χ1) is 10.6. The van der Waals surface area contributed by atoms with Crippen molar-refractivity contribution in [2.75, 3.05) is 0 Å². The van der Waals surface area contributed by atoms with E-state index in [1.54, 1.807) is 23.5 Å². The van der Waals surface area contributed by atoms with Crippen molar-refractivity contribution in [3.63, 3.8) is 0 Å². The summed E-state index contributed by atoms with van der Waals surface area (Å²) in [7, 11) is 0. The molecule has 0 radical (unpaired) electrons. The van der Waals surface area contributed by atoms with Crippen LogP contribution in [0.1, 0.15) is 29.8 Å². The summed E-state index contributed by atoms with van der Waals surface area (Å²) in [6.07, 6.45) is 2.22. The van der Waals surface area contributed by atoms with Gasteiger partial charge in [0.05, 0.1) is 6.04 Å². The molecule has 112 valence electrons. The van der Waals surface area contributed by atoms with E-state index in [4.69, 9.17) is 0 Å². The van der Waals surface area contributed by atoms with Crippen LogP contribution in [0.15, 0.2) is 47.4 Å². The number of rotatable bonds is 5. The summed E-state index contributed by atoms with van der Waals surface area (Å²) < 4.78 is 0. The normalized spacial score (nSPS) is 12.5. The monoisotopic (exact) mass is 312 g/mol. The van der Waals surface area contributed by atoms with Gasteiger partial charge >= 0.3 is 0 Å². The lowest BCUT2D eigenvalue weighted by atomic mass is 10.1. The summed E-state index contributed by atoms with van der Waals surface area (Å²) in [6.45, 7) is 1.98. The summed E-state index contributed by atoms with van der Waals surface area (Å²) in [5.41, 5.74) is 0.622. The van der Waals surface area contributed by atoms with Gasteiger partial charge in [-0.2, -0.15) is 5.26 Å². The molecule has 1 aromatic carbocycles. The molecule has 1 aromatic heterocycles. The van der Waals surface area contributed by atoms with Crippen LogP contribution in [-0.4, -0.2) is 11.0 Å². The standard InChI is InChI=1S/C17H16N2O2S/c1-2-15(16-7-4-8-22-16)19-17(21)13(11-18)9-12-5-3-6-14(20)10-12/h3-10,15,20H,2H2,1H3,(H,19,21)/b13-9+. The van der Waals surface area contributed by atoms with Crippen LogP contribution >= 0.6 is 11.3 Å². The maximum Gasteiger partial charge on any atom is 0.262 e. The average molecular weight is 312 g/mol. The summed E-state index contributed by atoms with van der Waals surface area (Å²) in [4.78, 5) is 13.3. The molecule has 0 saturated heterocycles. The molecular weight excluding hydrogens is 296 g/mol. The number of hydrogen-bond acceptors (Lipinski definition) is 4. The molecule has 0 bridgehead atoms. The molecule has 5 heteroatoms. The topological polar surface area (TPSA) is 73.1 Å². The minimum Gasteiger partial charge on any atom is -0.508 e. The molecule has 2 rings (SSSR count). The molecule has 0 aliphatic carbocycles. The molecule has 1 heterocycles. The fourth-order valence-electron chi connectivity index (χ4n) is 2.03. The van der Waals surface area contributed by atoms with E-state index in [2.05, 4.69) is 5.32 Å². The number of nitrogens with one attached hydrogen (secondary N) is 1. The second-order valence-corrected chi connectivity index (χ2v) is 5.69. The molecule has 22 heavy (non-hydrogen) atoms. The largest absolute Gasteiger partial charge is 0.508 e. The number of phenolic OH excluding ortho intramolecular Hbond substituents is 1. The van der Waals surface area contributed by atoms with Crippen LogP contribution < -0.4 is 5.32 Å². The Balaban J connectivity index is 2.17. The Hall–Kier alpha value is -2.58. The van der Waals surface area contributed by atoms with Crippen molar-refractivity contribution in [1.29, 1.82) is 5.26 Å². The van der Waals surface area contributed by atoms with E-state index in [1.807, 2.05) is 30.5 Å². The number of benzene rings is 1. The fourth-order valence-corrected chi connectivity index (χ4v) is 2.89. The van der Waals surface area contributed by atoms with Crippen molar-refractivity contribution >= 4 is 23.3 Å². The minimum atomic E-state index is -0.411. The van der Waals surface area contributed by atoms with Gasteiger partial charge in [-0.15, -0.1) is 11.3 Å². The van der Waals surface area contributed by atoms with Gasteiger partial charge in [-0.05, 0) is 41.6 Å². The average Bonchev–Trinajstić information content (AvgIpc) is 3.04. The number of phenols is 1. The summed E-state index contributed by atoms with van der Waals surface area (Å²) >= 11 is 1.57. The van der Waals surface area contributed by atoms with Crippen molar-refractivity contribution in [1.82, 2.24) is 5.32 Å². The smallest absolute Gasteiger partial charge is 0.262 e. The molecule has 0 aliphatic rings. The highest BCUT2D eigenvalue weighted by Gasteiger charge is 2.16. The molecule has 1 amide bonds. The highest BCUT2D eigenvalue weighted by Crippen LogP contribution is 2.22. The Bertz CT molecular complexity index is 715. The number of carbonyl (C=O) groups is 1. The molecule has 4 nitrogen and oxygen atoms in total. The van der Waals surface area contributed by atoms with E-state index in [-0.39, 0.29) is 17.4 Å². The Morgan fingerprint density at radius 2 is 2.27 bits per heavy atom. The second-order valence-electron chi connectivity index (χ2n) is 4.71. The van der Waals surface area contributed by atoms with Gasteiger partial charge in [0.2, 0.25) is 0 Å². The van der Waals surface area contributed by atoms with Crippen LogP contribution in [0.5, 0.6) is 5.75 Å². The minimum absolute atomic E-state index is 0.0145. The first-order valence-electron chi connectivity index (χ1n) is 6.89. The van der Waals surface area contributed by atoms with Crippen molar-refractivity contribution < 1.29 is 9.90 Å². The summed E-state index contributed by atoms with van der Waals surface area (Å²) in [6, 6.07) is 12.1. The lowest BCUT2D eigenvalue weighted by molar-refractivity contribution is -0.117. The third kappa shape index (κ3) is 3.96. The zero-order chi connectivity index (χ0) is 15.9. The molecule has 2 aromatic rings. The Labute approximate surface area is 133 Å². The van der Waals surface area contributed by atoms with Crippen LogP contribution in [0, 0.1) is 11.3 Å². The summed E-state index contributed by atoms with van der Waals surface area (Å²) in [5, 5.41) is 23.5. The van der Waals surface area contributed by atoms with Crippen LogP contribution in [0.2, 0.25) is 0 Å².